The van der Waals surface area contributed by atoms with Gasteiger partial charge in [-0.2, -0.15) is 10.2 Å². The lowest BCUT2D eigenvalue weighted by molar-refractivity contribution is 0.0930. The van der Waals surface area contributed by atoms with Crippen LogP contribution in [0.5, 0.6) is 0 Å². The Morgan fingerprint density at radius 1 is 1.48 bits per heavy atom. The van der Waals surface area contributed by atoms with E-state index < -0.39 is 0 Å². The predicted octanol–water partition coefficient (Wildman–Crippen LogP) is 0.652. The lowest BCUT2D eigenvalue weighted by Crippen LogP contribution is -2.31. The topological polar surface area (TPSA) is 106 Å². The van der Waals surface area contributed by atoms with Crippen molar-refractivity contribution in [1.29, 1.82) is 0 Å². The molecule has 1 unspecified atom stereocenters. The molecular formula is C13H18N6O2. The first-order valence-corrected chi connectivity index (χ1v) is 6.86. The Kier molecular flexibility index (Phi) is 4.81. The Balaban J connectivity index is 2.10. The molecule has 2 aromatic heterocycles. The summed E-state index contributed by atoms with van der Waals surface area (Å²) in [6, 6.07) is 2.46. The average Bonchev–Trinajstić information content (AvgIpc) is 3.00. The summed E-state index contributed by atoms with van der Waals surface area (Å²) < 4.78 is 1.32. The zero-order valence-corrected chi connectivity index (χ0v) is 12.0. The molecule has 1 amide bonds. The quantitative estimate of drug-likeness (QED) is 0.812. The van der Waals surface area contributed by atoms with E-state index in [2.05, 4.69) is 25.6 Å². The summed E-state index contributed by atoms with van der Waals surface area (Å²) in [4.78, 5) is 27.8. The van der Waals surface area contributed by atoms with E-state index in [0.717, 1.165) is 12.8 Å². The molecule has 0 radical (unpaired) electrons. The standard InChI is InChI=1S/C13H18N6O2/c1-3-4-7-19-11(20)6-5-10(18-19)13(21)16-9(2)12-14-8-15-17-12/h5-6,8-9H,3-4,7H2,1-2H3,(H,16,21)(H,14,15,17). The molecule has 0 bridgehead atoms. The molecule has 1 atom stereocenters. The van der Waals surface area contributed by atoms with E-state index >= 15 is 0 Å². The maximum absolute atomic E-state index is 12.1. The molecule has 2 aromatic rings. The Bertz CT molecular complexity index is 649. The summed E-state index contributed by atoms with van der Waals surface area (Å²) in [5.41, 5.74) is 0.000325. The number of aromatic nitrogens is 5. The number of carbonyl (C=O) groups is 1. The fourth-order valence-electron chi connectivity index (χ4n) is 1.80. The van der Waals surface area contributed by atoms with Crippen LogP contribution >= 0.6 is 0 Å². The molecule has 8 heteroatoms. The highest BCUT2D eigenvalue weighted by Gasteiger charge is 2.15. The van der Waals surface area contributed by atoms with Gasteiger partial charge in [0.05, 0.1) is 6.04 Å². The highest BCUT2D eigenvalue weighted by molar-refractivity contribution is 5.92. The smallest absolute Gasteiger partial charge is 0.272 e. The predicted molar refractivity (Wildman–Crippen MR) is 75.7 cm³/mol. The van der Waals surface area contributed by atoms with Crippen molar-refractivity contribution in [1.82, 2.24) is 30.3 Å². The molecule has 0 aromatic carbocycles. The molecule has 0 aliphatic carbocycles. The fraction of sp³-hybridized carbons (Fsp3) is 0.462. The van der Waals surface area contributed by atoms with Crippen molar-refractivity contribution in [3.05, 3.63) is 40.3 Å². The zero-order valence-electron chi connectivity index (χ0n) is 12.0. The molecule has 0 aliphatic rings. The molecule has 2 rings (SSSR count). The first kappa shape index (κ1) is 14.9. The molecule has 0 spiro atoms. The number of hydrogen-bond acceptors (Lipinski definition) is 5. The van der Waals surface area contributed by atoms with E-state index in [0.29, 0.717) is 12.4 Å². The average molecular weight is 290 g/mol. The number of aryl methyl sites for hydroxylation is 1. The van der Waals surface area contributed by atoms with Crippen LogP contribution in [0.15, 0.2) is 23.3 Å². The Morgan fingerprint density at radius 2 is 2.29 bits per heavy atom. The number of nitrogens with one attached hydrogen (secondary N) is 2. The molecule has 21 heavy (non-hydrogen) atoms. The molecular weight excluding hydrogens is 272 g/mol. The van der Waals surface area contributed by atoms with Gasteiger partial charge in [0.25, 0.3) is 11.5 Å². The van der Waals surface area contributed by atoms with Gasteiger partial charge in [-0.1, -0.05) is 13.3 Å². The Labute approximate surface area is 121 Å². The van der Waals surface area contributed by atoms with Crippen LogP contribution in [0.3, 0.4) is 0 Å². The first-order valence-electron chi connectivity index (χ1n) is 6.86. The van der Waals surface area contributed by atoms with Gasteiger partial charge in [-0.15, -0.1) is 0 Å². The molecule has 2 heterocycles. The molecule has 112 valence electrons. The molecule has 0 aliphatic heterocycles. The normalized spacial score (nSPS) is 12.1. The van der Waals surface area contributed by atoms with Gasteiger partial charge in [0.15, 0.2) is 0 Å². The van der Waals surface area contributed by atoms with Crippen LogP contribution in [-0.4, -0.2) is 30.9 Å². The van der Waals surface area contributed by atoms with Crippen LogP contribution in [0.25, 0.3) is 0 Å². The van der Waals surface area contributed by atoms with Crippen LogP contribution in [0.4, 0.5) is 0 Å². The number of unbranched alkanes of at least 4 members (excludes halogenated alkanes) is 1. The molecule has 0 saturated heterocycles. The zero-order chi connectivity index (χ0) is 15.2. The van der Waals surface area contributed by atoms with Gasteiger partial charge in [-0.3, -0.25) is 14.7 Å². The third kappa shape index (κ3) is 3.74. The third-order valence-electron chi connectivity index (χ3n) is 3.01. The molecule has 0 fully saturated rings. The highest BCUT2D eigenvalue weighted by atomic mass is 16.2. The number of nitrogens with zero attached hydrogens (tertiary/aromatic N) is 4. The van der Waals surface area contributed by atoms with Crippen molar-refractivity contribution in [3.8, 4) is 0 Å². The van der Waals surface area contributed by atoms with Gasteiger partial charge in [-0.05, 0) is 19.4 Å². The summed E-state index contributed by atoms with van der Waals surface area (Å²) >= 11 is 0. The van der Waals surface area contributed by atoms with Crippen molar-refractivity contribution in [2.75, 3.05) is 0 Å². The van der Waals surface area contributed by atoms with Crippen LogP contribution in [0.2, 0.25) is 0 Å². The van der Waals surface area contributed by atoms with Crippen LogP contribution in [0.1, 0.15) is 49.0 Å². The second kappa shape index (κ2) is 6.78. The first-order chi connectivity index (χ1) is 10.1. The largest absolute Gasteiger partial charge is 0.341 e. The van der Waals surface area contributed by atoms with E-state index in [-0.39, 0.29) is 23.2 Å². The molecule has 0 saturated carbocycles. The monoisotopic (exact) mass is 290 g/mol. The van der Waals surface area contributed by atoms with Gasteiger partial charge < -0.3 is 5.32 Å². The van der Waals surface area contributed by atoms with Gasteiger partial charge in [-0.25, -0.2) is 9.67 Å². The molecule has 2 N–H and O–H groups in total. The number of aromatic amines is 1. The van der Waals surface area contributed by atoms with Crippen molar-refractivity contribution in [3.63, 3.8) is 0 Å². The van der Waals surface area contributed by atoms with Crippen LogP contribution in [0, 0.1) is 0 Å². The summed E-state index contributed by atoms with van der Waals surface area (Å²) in [6.45, 7) is 4.32. The minimum atomic E-state index is -0.357. The second-order valence-corrected chi connectivity index (χ2v) is 4.70. The van der Waals surface area contributed by atoms with Crippen molar-refractivity contribution < 1.29 is 4.79 Å². The van der Waals surface area contributed by atoms with E-state index in [1.165, 1.54) is 23.1 Å². The number of rotatable bonds is 6. The van der Waals surface area contributed by atoms with Gasteiger partial charge >= 0.3 is 0 Å². The fourth-order valence-corrected chi connectivity index (χ4v) is 1.80. The third-order valence-corrected chi connectivity index (χ3v) is 3.01. The Morgan fingerprint density at radius 3 is 2.95 bits per heavy atom. The highest BCUT2D eigenvalue weighted by Crippen LogP contribution is 2.05. The van der Waals surface area contributed by atoms with E-state index in [1.807, 2.05) is 6.92 Å². The maximum atomic E-state index is 12.1. The number of H-pyrrole nitrogens is 1. The lowest BCUT2D eigenvalue weighted by atomic mass is 10.3. The minimum absolute atomic E-state index is 0.205. The molecule has 8 nitrogen and oxygen atoms in total. The summed E-state index contributed by atoms with van der Waals surface area (Å²) in [5.74, 6) is 0.201. The SMILES string of the molecule is CCCCn1nc(C(=O)NC(C)c2ncn[nH]2)ccc1=O. The van der Waals surface area contributed by atoms with Crippen LogP contribution < -0.4 is 10.9 Å². The van der Waals surface area contributed by atoms with Crippen molar-refractivity contribution in [2.24, 2.45) is 0 Å². The van der Waals surface area contributed by atoms with E-state index in [1.54, 1.807) is 6.92 Å². The minimum Gasteiger partial charge on any atom is -0.341 e. The summed E-state index contributed by atoms with van der Waals surface area (Å²) in [7, 11) is 0. The maximum Gasteiger partial charge on any atom is 0.272 e. The van der Waals surface area contributed by atoms with Gasteiger partial charge in [0.1, 0.15) is 17.8 Å². The second-order valence-electron chi connectivity index (χ2n) is 4.70. The van der Waals surface area contributed by atoms with Crippen molar-refractivity contribution >= 4 is 5.91 Å². The summed E-state index contributed by atoms with van der Waals surface area (Å²) in [5, 5.41) is 13.3. The Hall–Kier alpha value is -2.51. The summed E-state index contributed by atoms with van der Waals surface area (Å²) in [6.07, 6.45) is 3.17. The van der Waals surface area contributed by atoms with Crippen LogP contribution in [-0.2, 0) is 6.54 Å². The van der Waals surface area contributed by atoms with Gasteiger partial charge in [0, 0.05) is 12.6 Å². The van der Waals surface area contributed by atoms with Gasteiger partial charge in [0.2, 0.25) is 0 Å². The number of carbonyl (C=O) groups excluding carboxylic acids is 1. The lowest BCUT2D eigenvalue weighted by Gasteiger charge is -2.11. The number of amides is 1. The van der Waals surface area contributed by atoms with Crippen molar-refractivity contribution in [2.45, 2.75) is 39.3 Å². The number of hydrogen-bond donors (Lipinski definition) is 2. The van der Waals surface area contributed by atoms with E-state index in [9.17, 15) is 9.59 Å². The van der Waals surface area contributed by atoms with E-state index in [4.69, 9.17) is 0 Å².